The predicted octanol–water partition coefficient (Wildman–Crippen LogP) is 5.83. The molecule has 4 nitrogen and oxygen atoms in total. The molecular formula is C20H21ClFN3OS. The van der Waals surface area contributed by atoms with Gasteiger partial charge in [-0.2, -0.15) is 0 Å². The third kappa shape index (κ3) is 4.82. The second kappa shape index (κ2) is 8.76. The van der Waals surface area contributed by atoms with Gasteiger partial charge in [0.25, 0.3) is 0 Å². The van der Waals surface area contributed by atoms with Crippen molar-refractivity contribution in [1.29, 1.82) is 0 Å². The largest absolute Gasteiger partial charge is 0.483 e. The van der Waals surface area contributed by atoms with Crippen LogP contribution in [-0.4, -0.2) is 14.8 Å². The molecule has 0 fully saturated rings. The Labute approximate surface area is 167 Å². The van der Waals surface area contributed by atoms with Crippen molar-refractivity contribution in [2.45, 2.75) is 44.3 Å². The lowest BCUT2D eigenvalue weighted by molar-refractivity contribution is 0.210. The van der Waals surface area contributed by atoms with Crippen LogP contribution in [0.15, 0.2) is 47.6 Å². The number of nitrogens with zero attached hydrogens (tertiary/aromatic N) is 3. The summed E-state index contributed by atoms with van der Waals surface area (Å²) in [6.45, 7) is 6.76. The minimum atomic E-state index is -0.338. The summed E-state index contributed by atoms with van der Waals surface area (Å²) >= 11 is 7.63. The van der Waals surface area contributed by atoms with E-state index in [0.29, 0.717) is 10.8 Å². The lowest BCUT2D eigenvalue weighted by Gasteiger charge is -2.16. The van der Waals surface area contributed by atoms with Gasteiger partial charge in [-0.05, 0) is 56.2 Å². The fourth-order valence-corrected chi connectivity index (χ4v) is 4.06. The Morgan fingerprint density at radius 1 is 1.22 bits per heavy atom. The molecule has 3 aromatic rings. The molecule has 0 bridgehead atoms. The van der Waals surface area contributed by atoms with Crippen molar-refractivity contribution in [2.75, 3.05) is 0 Å². The number of benzene rings is 2. The van der Waals surface area contributed by atoms with Gasteiger partial charge in [0.05, 0.1) is 0 Å². The highest BCUT2D eigenvalue weighted by Gasteiger charge is 2.19. The van der Waals surface area contributed by atoms with Crippen LogP contribution in [0.2, 0.25) is 5.02 Å². The second-order valence-electron chi connectivity index (χ2n) is 6.19. The zero-order valence-corrected chi connectivity index (χ0v) is 17.0. The van der Waals surface area contributed by atoms with E-state index in [9.17, 15) is 4.39 Å². The van der Waals surface area contributed by atoms with Gasteiger partial charge in [0.2, 0.25) is 0 Å². The molecule has 0 saturated carbocycles. The molecule has 1 atom stereocenters. The highest BCUT2D eigenvalue weighted by atomic mass is 35.5. The maximum atomic E-state index is 13.2. The quantitative estimate of drug-likeness (QED) is 0.463. The topological polar surface area (TPSA) is 39.9 Å². The fraction of sp³-hybridized carbons (Fsp3) is 0.300. The number of hydrogen-bond donors (Lipinski definition) is 0. The van der Waals surface area contributed by atoms with Crippen molar-refractivity contribution in [1.82, 2.24) is 14.8 Å². The van der Waals surface area contributed by atoms with Gasteiger partial charge in [0.1, 0.15) is 11.6 Å². The van der Waals surface area contributed by atoms with Crippen molar-refractivity contribution in [3.05, 3.63) is 70.3 Å². The number of aryl methyl sites for hydroxylation is 1. The van der Waals surface area contributed by atoms with Crippen molar-refractivity contribution in [3.63, 3.8) is 0 Å². The molecule has 1 heterocycles. The molecule has 0 aliphatic rings. The van der Waals surface area contributed by atoms with Gasteiger partial charge in [0.15, 0.2) is 17.1 Å². The highest BCUT2D eigenvalue weighted by Crippen LogP contribution is 2.29. The Balaban J connectivity index is 1.73. The first kappa shape index (κ1) is 19.7. The Kier molecular flexibility index (Phi) is 6.39. The first-order valence-corrected chi connectivity index (χ1v) is 10.1. The maximum absolute atomic E-state index is 13.2. The molecule has 142 valence electrons. The summed E-state index contributed by atoms with van der Waals surface area (Å²) in [5.41, 5.74) is 2.00. The van der Waals surface area contributed by atoms with Crippen molar-refractivity contribution in [2.24, 2.45) is 0 Å². The van der Waals surface area contributed by atoms with Gasteiger partial charge in [0, 0.05) is 17.3 Å². The molecule has 1 aromatic heterocycles. The Morgan fingerprint density at radius 3 is 2.74 bits per heavy atom. The maximum Gasteiger partial charge on any atom is 0.191 e. The van der Waals surface area contributed by atoms with Crippen LogP contribution in [0.1, 0.15) is 36.9 Å². The summed E-state index contributed by atoms with van der Waals surface area (Å²) in [6.07, 6.45) is -0.233. The van der Waals surface area contributed by atoms with Crippen molar-refractivity contribution >= 4 is 23.4 Å². The van der Waals surface area contributed by atoms with Crippen LogP contribution in [0.3, 0.4) is 0 Å². The van der Waals surface area contributed by atoms with Gasteiger partial charge in [-0.1, -0.05) is 41.6 Å². The zero-order valence-electron chi connectivity index (χ0n) is 15.4. The monoisotopic (exact) mass is 405 g/mol. The van der Waals surface area contributed by atoms with Gasteiger partial charge in [-0.15, -0.1) is 10.2 Å². The average Bonchev–Trinajstić information content (AvgIpc) is 3.04. The molecular weight excluding hydrogens is 385 g/mol. The molecule has 0 aliphatic carbocycles. The van der Waals surface area contributed by atoms with E-state index in [4.69, 9.17) is 16.3 Å². The van der Waals surface area contributed by atoms with Crippen LogP contribution in [0.4, 0.5) is 4.39 Å². The van der Waals surface area contributed by atoms with E-state index in [1.807, 2.05) is 49.6 Å². The molecule has 0 saturated heterocycles. The van der Waals surface area contributed by atoms with E-state index >= 15 is 0 Å². The minimum absolute atomic E-state index is 0.233. The van der Waals surface area contributed by atoms with E-state index in [1.54, 1.807) is 6.07 Å². The van der Waals surface area contributed by atoms with Gasteiger partial charge >= 0.3 is 0 Å². The lowest BCUT2D eigenvalue weighted by atomic mass is 10.2. The third-order valence-electron chi connectivity index (χ3n) is 4.10. The highest BCUT2D eigenvalue weighted by molar-refractivity contribution is 7.98. The molecule has 0 amide bonds. The van der Waals surface area contributed by atoms with Crippen LogP contribution in [0.25, 0.3) is 0 Å². The molecule has 1 unspecified atom stereocenters. The smallest absolute Gasteiger partial charge is 0.191 e. The van der Waals surface area contributed by atoms with Crippen LogP contribution < -0.4 is 4.74 Å². The number of rotatable bonds is 7. The fourth-order valence-electron chi connectivity index (χ4n) is 2.73. The minimum Gasteiger partial charge on any atom is -0.483 e. The van der Waals surface area contributed by atoms with E-state index in [0.717, 1.165) is 34.4 Å². The summed E-state index contributed by atoms with van der Waals surface area (Å²) in [5, 5.41) is 9.84. The molecule has 0 radical (unpaired) electrons. The standard InChI is InChI=1S/C20H21ClFN3OS/c1-4-25-19(14(3)26-17-7-5-6-13(2)10-17)23-24-20(25)27-12-15-8-9-16(22)11-18(15)21/h5-11,14H,4,12H2,1-3H3. The van der Waals surface area contributed by atoms with Crippen LogP contribution in [0.5, 0.6) is 5.75 Å². The van der Waals surface area contributed by atoms with Crippen molar-refractivity contribution in [3.8, 4) is 5.75 Å². The molecule has 7 heteroatoms. The summed E-state index contributed by atoms with van der Waals surface area (Å²) in [7, 11) is 0. The Morgan fingerprint density at radius 2 is 2.04 bits per heavy atom. The third-order valence-corrected chi connectivity index (χ3v) is 5.47. The Hall–Kier alpha value is -2.05. The summed E-state index contributed by atoms with van der Waals surface area (Å²) < 4.78 is 21.3. The van der Waals surface area contributed by atoms with E-state index in [1.165, 1.54) is 23.9 Å². The molecule has 0 N–H and O–H groups in total. The van der Waals surface area contributed by atoms with Gasteiger partial charge in [-0.3, -0.25) is 0 Å². The predicted molar refractivity (Wildman–Crippen MR) is 107 cm³/mol. The van der Waals surface area contributed by atoms with E-state index in [-0.39, 0.29) is 11.9 Å². The summed E-state index contributed by atoms with van der Waals surface area (Å²) in [5.74, 6) is 1.83. The number of halogens is 2. The molecule has 0 aliphatic heterocycles. The second-order valence-corrected chi connectivity index (χ2v) is 7.54. The Bertz CT molecular complexity index is 931. The first-order chi connectivity index (χ1) is 13.0. The zero-order chi connectivity index (χ0) is 19.4. The van der Waals surface area contributed by atoms with E-state index < -0.39 is 0 Å². The van der Waals surface area contributed by atoms with Crippen LogP contribution in [-0.2, 0) is 12.3 Å². The average molecular weight is 406 g/mol. The van der Waals surface area contributed by atoms with Crippen molar-refractivity contribution < 1.29 is 9.13 Å². The van der Waals surface area contributed by atoms with E-state index in [2.05, 4.69) is 10.2 Å². The summed E-state index contributed by atoms with van der Waals surface area (Å²) in [6, 6.07) is 12.4. The van der Waals surface area contributed by atoms with Crippen LogP contribution in [0, 0.1) is 12.7 Å². The molecule has 0 spiro atoms. The number of thioether (sulfide) groups is 1. The number of hydrogen-bond acceptors (Lipinski definition) is 4. The summed E-state index contributed by atoms with van der Waals surface area (Å²) in [4.78, 5) is 0. The number of ether oxygens (including phenoxy) is 1. The van der Waals surface area contributed by atoms with Crippen LogP contribution >= 0.6 is 23.4 Å². The molecule has 27 heavy (non-hydrogen) atoms. The lowest BCUT2D eigenvalue weighted by Crippen LogP contribution is -2.12. The number of aromatic nitrogens is 3. The first-order valence-electron chi connectivity index (χ1n) is 8.71. The van der Waals surface area contributed by atoms with Gasteiger partial charge < -0.3 is 9.30 Å². The van der Waals surface area contributed by atoms with Gasteiger partial charge in [-0.25, -0.2) is 4.39 Å². The SMILES string of the molecule is CCn1c(SCc2ccc(F)cc2Cl)nnc1C(C)Oc1cccc(C)c1. The molecule has 2 aromatic carbocycles. The normalized spacial score (nSPS) is 12.2. The molecule has 3 rings (SSSR count).